The minimum Gasteiger partial charge on any atom is -0.339 e. The van der Waals surface area contributed by atoms with Crippen LogP contribution in [0.5, 0.6) is 0 Å². The molecule has 1 aliphatic heterocycles. The van der Waals surface area contributed by atoms with Gasteiger partial charge in [0.05, 0.1) is 0 Å². The first-order valence-electron chi connectivity index (χ1n) is 8.74. The first kappa shape index (κ1) is 17.1. The highest BCUT2D eigenvalue weighted by atomic mass is 16.2. The Morgan fingerprint density at radius 3 is 2.60 bits per heavy atom. The zero-order chi connectivity index (χ0) is 17.8. The van der Waals surface area contributed by atoms with Gasteiger partial charge in [-0.3, -0.25) is 14.6 Å². The van der Waals surface area contributed by atoms with Crippen molar-refractivity contribution in [3.8, 4) is 0 Å². The van der Waals surface area contributed by atoms with Crippen molar-refractivity contribution < 1.29 is 9.59 Å². The topological polar surface area (TPSA) is 53.5 Å². The number of aryl methyl sites for hydroxylation is 1. The summed E-state index contributed by atoms with van der Waals surface area (Å²) in [7, 11) is 0. The van der Waals surface area contributed by atoms with E-state index in [1.807, 2.05) is 43.0 Å². The van der Waals surface area contributed by atoms with Gasteiger partial charge in [0.1, 0.15) is 5.69 Å². The molecule has 5 nitrogen and oxygen atoms in total. The molecule has 2 heterocycles. The van der Waals surface area contributed by atoms with Gasteiger partial charge < -0.3 is 9.80 Å². The molecule has 5 heteroatoms. The van der Waals surface area contributed by atoms with Crippen LogP contribution in [0.4, 0.5) is 5.69 Å². The predicted octanol–water partition coefficient (Wildman–Crippen LogP) is 3.29. The van der Waals surface area contributed by atoms with Crippen LogP contribution in [0.15, 0.2) is 42.6 Å². The Balaban J connectivity index is 1.86. The maximum absolute atomic E-state index is 12.9. The molecule has 25 heavy (non-hydrogen) atoms. The lowest BCUT2D eigenvalue weighted by atomic mass is 10.1. The first-order valence-corrected chi connectivity index (χ1v) is 8.74. The van der Waals surface area contributed by atoms with Gasteiger partial charge in [-0.2, -0.15) is 0 Å². The second kappa shape index (κ2) is 7.47. The Bertz CT molecular complexity index is 782. The summed E-state index contributed by atoms with van der Waals surface area (Å²) in [5, 5.41) is 0. The van der Waals surface area contributed by atoms with E-state index in [9.17, 15) is 9.59 Å². The third kappa shape index (κ3) is 3.71. The molecule has 0 radical (unpaired) electrons. The van der Waals surface area contributed by atoms with Gasteiger partial charge >= 0.3 is 0 Å². The number of aromatic nitrogens is 1. The van der Waals surface area contributed by atoms with Gasteiger partial charge in [0, 0.05) is 37.1 Å². The van der Waals surface area contributed by atoms with Gasteiger partial charge in [-0.25, -0.2) is 0 Å². The monoisotopic (exact) mass is 337 g/mol. The summed E-state index contributed by atoms with van der Waals surface area (Å²) in [6, 6.07) is 11.1. The maximum atomic E-state index is 12.9. The van der Waals surface area contributed by atoms with Crippen molar-refractivity contribution in [2.45, 2.75) is 26.7 Å². The van der Waals surface area contributed by atoms with Gasteiger partial charge in [0.25, 0.3) is 11.8 Å². The molecule has 1 aromatic heterocycles. The van der Waals surface area contributed by atoms with E-state index in [0.717, 1.165) is 37.2 Å². The fourth-order valence-corrected chi connectivity index (χ4v) is 3.16. The number of carbonyl (C=O) groups excluding carboxylic acids is 2. The lowest BCUT2D eigenvalue weighted by molar-refractivity contribution is 0.0792. The number of hydrogen-bond donors (Lipinski definition) is 0. The highest BCUT2D eigenvalue weighted by molar-refractivity contribution is 6.06. The Labute approximate surface area is 148 Å². The second-order valence-electron chi connectivity index (χ2n) is 6.32. The zero-order valence-corrected chi connectivity index (χ0v) is 14.7. The first-order chi connectivity index (χ1) is 12.1. The largest absolute Gasteiger partial charge is 0.339 e. The molecule has 0 unspecified atom stereocenters. The van der Waals surface area contributed by atoms with Crippen LogP contribution >= 0.6 is 0 Å². The molecule has 1 fully saturated rings. The molecule has 2 amide bonds. The van der Waals surface area contributed by atoms with Crippen molar-refractivity contribution in [3.63, 3.8) is 0 Å². The molecule has 130 valence electrons. The van der Waals surface area contributed by atoms with E-state index in [0.29, 0.717) is 17.8 Å². The number of hydrogen-bond acceptors (Lipinski definition) is 3. The number of rotatable bonds is 4. The molecule has 1 saturated heterocycles. The molecule has 0 saturated carbocycles. The van der Waals surface area contributed by atoms with E-state index >= 15 is 0 Å². The third-order valence-electron chi connectivity index (χ3n) is 4.49. The number of likely N-dealkylation sites (tertiary alicyclic amines) is 1. The van der Waals surface area contributed by atoms with Gasteiger partial charge in [-0.1, -0.05) is 12.1 Å². The number of anilines is 1. The van der Waals surface area contributed by atoms with E-state index in [4.69, 9.17) is 0 Å². The molecule has 0 bridgehead atoms. The van der Waals surface area contributed by atoms with Crippen LogP contribution in [0, 0.1) is 6.92 Å². The number of carbonyl (C=O) groups is 2. The summed E-state index contributed by atoms with van der Waals surface area (Å²) in [4.78, 5) is 33.2. The van der Waals surface area contributed by atoms with Crippen molar-refractivity contribution in [2.24, 2.45) is 0 Å². The Morgan fingerprint density at radius 2 is 1.92 bits per heavy atom. The van der Waals surface area contributed by atoms with Crippen molar-refractivity contribution in [1.29, 1.82) is 0 Å². The molecule has 1 aromatic carbocycles. The van der Waals surface area contributed by atoms with Crippen LogP contribution < -0.4 is 4.90 Å². The summed E-state index contributed by atoms with van der Waals surface area (Å²) in [6.07, 6.45) is 3.62. The minimum absolute atomic E-state index is 0.0208. The summed E-state index contributed by atoms with van der Waals surface area (Å²) in [5.41, 5.74) is 2.76. The van der Waals surface area contributed by atoms with Crippen molar-refractivity contribution in [2.75, 3.05) is 24.5 Å². The van der Waals surface area contributed by atoms with E-state index < -0.39 is 0 Å². The van der Waals surface area contributed by atoms with E-state index in [-0.39, 0.29) is 11.8 Å². The van der Waals surface area contributed by atoms with Crippen molar-refractivity contribution in [1.82, 2.24) is 9.88 Å². The van der Waals surface area contributed by atoms with Gasteiger partial charge in [-0.15, -0.1) is 0 Å². The standard InChI is InChI=1S/C20H23N3O2/c1-3-23(17-8-6-7-15(2)13-17)20(25)18-14-16(9-10-21-18)19(24)22-11-4-5-12-22/h6-10,13-14H,3-5,11-12H2,1-2H3. The number of benzene rings is 1. The van der Waals surface area contributed by atoms with E-state index in [1.165, 1.54) is 0 Å². The van der Waals surface area contributed by atoms with Crippen LogP contribution in [0.25, 0.3) is 0 Å². The molecular weight excluding hydrogens is 314 g/mol. The SMILES string of the molecule is CCN(C(=O)c1cc(C(=O)N2CCCC2)ccn1)c1cccc(C)c1. The molecule has 0 spiro atoms. The average Bonchev–Trinajstić information content (AvgIpc) is 3.16. The quantitative estimate of drug-likeness (QED) is 0.860. The summed E-state index contributed by atoms with van der Waals surface area (Å²) in [6.45, 7) is 6.03. The number of nitrogens with zero attached hydrogens (tertiary/aromatic N) is 3. The molecule has 0 atom stereocenters. The normalized spacial score (nSPS) is 13.8. The third-order valence-corrected chi connectivity index (χ3v) is 4.49. The Morgan fingerprint density at radius 1 is 1.16 bits per heavy atom. The molecule has 1 aliphatic rings. The maximum Gasteiger partial charge on any atom is 0.276 e. The van der Waals surface area contributed by atoms with Crippen LogP contribution in [0.2, 0.25) is 0 Å². The Hall–Kier alpha value is -2.69. The second-order valence-corrected chi connectivity index (χ2v) is 6.32. The average molecular weight is 337 g/mol. The predicted molar refractivity (Wildman–Crippen MR) is 97.9 cm³/mol. The molecule has 0 N–H and O–H groups in total. The summed E-state index contributed by atoms with van der Waals surface area (Å²) in [5.74, 6) is -0.211. The van der Waals surface area contributed by atoms with E-state index in [2.05, 4.69) is 4.98 Å². The van der Waals surface area contributed by atoms with Crippen LogP contribution in [0.3, 0.4) is 0 Å². The van der Waals surface area contributed by atoms with Gasteiger partial charge in [0.2, 0.25) is 0 Å². The Kier molecular flexibility index (Phi) is 5.12. The highest BCUT2D eigenvalue weighted by Gasteiger charge is 2.22. The number of amides is 2. The summed E-state index contributed by atoms with van der Waals surface area (Å²) < 4.78 is 0. The molecule has 0 aliphatic carbocycles. The highest BCUT2D eigenvalue weighted by Crippen LogP contribution is 2.19. The van der Waals surface area contributed by atoms with Crippen LogP contribution in [0.1, 0.15) is 46.2 Å². The molecular formula is C20H23N3O2. The molecule has 3 rings (SSSR count). The van der Waals surface area contributed by atoms with Crippen LogP contribution in [-0.2, 0) is 0 Å². The molecule has 2 aromatic rings. The zero-order valence-electron chi connectivity index (χ0n) is 14.7. The lowest BCUT2D eigenvalue weighted by Gasteiger charge is -2.21. The lowest BCUT2D eigenvalue weighted by Crippen LogP contribution is -2.32. The smallest absolute Gasteiger partial charge is 0.276 e. The minimum atomic E-state index is -0.191. The van der Waals surface area contributed by atoms with E-state index in [1.54, 1.807) is 23.2 Å². The van der Waals surface area contributed by atoms with Gasteiger partial charge in [0.15, 0.2) is 0 Å². The fraction of sp³-hybridized carbons (Fsp3) is 0.350. The number of pyridine rings is 1. The van der Waals surface area contributed by atoms with Crippen molar-refractivity contribution in [3.05, 3.63) is 59.4 Å². The van der Waals surface area contributed by atoms with Gasteiger partial charge in [-0.05, 0) is 56.5 Å². The summed E-state index contributed by atoms with van der Waals surface area (Å²) >= 11 is 0. The van der Waals surface area contributed by atoms with Crippen molar-refractivity contribution >= 4 is 17.5 Å². The van der Waals surface area contributed by atoms with Crippen LogP contribution in [-0.4, -0.2) is 41.3 Å². The fourth-order valence-electron chi connectivity index (χ4n) is 3.16.